The number of para-hydroxylation sites is 2. The Balaban J connectivity index is 0.926. The van der Waals surface area contributed by atoms with E-state index in [4.69, 9.17) is 0 Å². The summed E-state index contributed by atoms with van der Waals surface area (Å²) in [5.41, 5.74) is 15.7. The molecule has 11 aromatic rings. The molecular weight excluding hydrogens is 821 g/mol. The van der Waals surface area contributed by atoms with Crippen LogP contribution in [-0.4, -0.2) is 0 Å². The quantitative estimate of drug-likeness (QED) is 0.147. The van der Waals surface area contributed by atoms with Crippen LogP contribution in [0.5, 0.6) is 0 Å². The summed E-state index contributed by atoms with van der Waals surface area (Å²) in [6.45, 7) is 0. The van der Waals surface area contributed by atoms with Gasteiger partial charge in [-0.05, 0) is 182 Å². The number of benzene rings is 11. The lowest BCUT2D eigenvalue weighted by atomic mass is 9.43. The van der Waals surface area contributed by atoms with Crippen LogP contribution in [0.3, 0.4) is 0 Å². The van der Waals surface area contributed by atoms with Gasteiger partial charge in [0.25, 0.3) is 0 Å². The fourth-order valence-electron chi connectivity index (χ4n) is 14.7. The largest absolute Gasteiger partial charge is 0.310 e. The summed E-state index contributed by atoms with van der Waals surface area (Å²) in [7, 11) is 0. The minimum atomic E-state index is 0.0240. The maximum Gasteiger partial charge on any atom is 0.0540 e. The number of hydrogen-bond donors (Lipinski definition) is 0. The molecular formula is C66H50N2. The SMILES string of the molecule is c1ccc(N(c2ccc(-c3ccc4ccccc4c3)cc2)c2ccc3ccc4c(N(c5ccccc5)c5cccc6c5C5(c7ccccc7-6)C6CC7CC(C6)CC5C7)ccc5ccc2c3c54)cc1. The standard InChI is InChI=1S/C66H50N2/c1-3-14-52(15-4-1)67(54-30-24-45(25-31-54)49-23-22-44-12-7-8-13-48(44)41-49)60-34-28-46-27-33-58-61(35-29-47-26-32-57(60)63(46)64(47)58)68(53-16-5-2-6-17-53)62-21-11-19-56-55-18-9-10-20-59(55)66(65(56)62)50-37-42-36-43(39-50)40-51(66)38-42/h1-35,41-43,50-51H,36-40H2. The van der Waals surface area contributed by atoms with Gasteiger partial charge in [-0.15, -0.1) is 0 Å². The highest BCUT2D eigenvalue weighted by molar-refractivity contribution is 6.28. The van der Waals surface area contributed by atoms with Crippen molar-refractivity contribution in [3.63, 3.8) is 0 Å². The fraction of sp³-hybridized carbons (Fsp3) is 0.152. The Labute approximate surface area is 398 Å². The molecule has 4 bridgehead atoms. The summed E-state index contributed by atoms with van der Waals surface area (Å²) in [5, 5.41) is 10.2. The van der Waals surface area contributed by atoms with Gasteiger partial charge >= 0.3 is 0 Å². The Hall–Kier alpha value is -7.68. The topological polar surface area (TPSA) is 6.48 Å². The van der Waals surface area contributed by atoms with Crippen molar-refractivity contribution in [1.82, 2.24) is 0 Å². The summed E-state index contributed by atoms with van der Waals surface area (Å²) in [6.07, 6.45) is 6.87. The molecule has 2 nitrogen and oxygen atoms in total. The van der Waals surface area contributed by atoms with Crippen LogP contribution in [0.4, 0.5) is 34.1 Å². The third kappa shape index (κ3) is 5.46. The third-order valence-electron chi connectivity index (χ3n) is 17.1. The van der Waals surface area contributed by atoms with Crippen molar-refractivity contribution < 1.29 is 0 Å². The number of anilines is 6. The molecule has 0 N–H and O–H groups in total. The van der Waals surface area contributed by atoms with Crippen molar-refractivity contribution >= 4 is 77.2 Å². The zero-order valence-electron chi connectivity index (χ0n) is 38.0. The first-order chi connectivity index (χ1) is 33.7. The van der Waals surface area contributed by atoms with E-state index in [1.54, 1.807) is 11.1 Å². The predicted octanol–water partition coefficient (Wildman–Crippen LogP) is 18.1. The third-order valence-corrected chi connectivity index (χ3v) is 17.1. The van der Waals surface area contributed by atoms with E-state index >= 15 is 0 Å². The molecule has 0 atom stereocenters. The summed E-state index contributed by atoms with van der Waals surface area (Å²) in [4.78, 5) is 5.10. The van der Waals surface area contributed by atoms with Crippen LogP contribution in [-0.2, 0) is 5.41 Å². The van der Waals surface area contributed by atoms with Gasteiger partial charge in [-0.25, -0.2) is 0 Å². The molecule has 0 unspecified atom stereocenters. The van der Waals surface area contributed by atoms with Gasteiger partial charge in [0.15, 0.2) is 0 Å². The molecule has 0 radical (unpaired) electrons. The second-order valence-electron chi connectivity index (χ2n) is 20.5. The van der Waals surface area contributed by atoms with Crippen molar-refractivity contribution in [2.45, 2.75) is 37.5 Å². The van der Waals surface area contributed by atoms with Gasteiger partial charge < -0.3 is 9.80 Å². The molecule has 0 saturated heterocycles. The highest BCUT2D eigenvalue weighted by atomic mass is 15.2. The average Bonchev–Trinajstić information content (AvgIpc) is 3.70. The lowest BCUT2D eigenvalue weighted by Gasteiger charge is -2.61. The van der Waals surface area contributed by atoms with Crippen LogP contribution in [0.1, 0.15) is 43.2 Å². The molecule has 2 heteroatoms. The summed E-state index contributed by atoms with van der Waals surface area (Å²) in [6, 6.07) is 82.4. The highest BCUT2D eigenvalue weighted by Gasteiger charge is 2.62. The van der Waals surface area contributed by atoms with Crippen LogP contribution in [0, 0.1) is 23.7 Å². The Kier molecular flexibility index (Phi) is 8.28. The van der Waals surface area contributed by atoms with Crippen LogP contribution in [0.2, 0.25) is 0 Å². The molecule has 11 aromatic carbocycles. The first-order valence-electron chi connectivity index (χ1n) is 24.9. The molecule has 324 valence electrons. The zero-order chi connectivity index (χ0) is 44.5. The van der Waals surface area contributed by atoms with Crippen molar-refractivity contribution in [2.75, 3.05) is 9.80 Å². The normalized spacial score (nSPS) is 21.0. The molecule has 0 aromatic heterocycles. The Bertz CT molecular complexity index is 3730. The molecule has 0 aliphatic heterocycles. The summed E-state index contributed by atoms with van der Waals surface area (Å²) in [5.74, 6) is 3.10. The first kappa shape index (κ1) is 38.4. The van der Waals surface area contributed by atoms with E-state index in [9.17, 15) is 0 Å². The van der Waals surface area contributed by atoms with E-state index in [1.165, 1.54) is 120 Å². The number of hydrogen-bond acceptors (Lipinski definition) is 2. The van der Waals surface area contributed by atoms with E-state index < -0.39 is 0 Å². The molecule has 0 heterocycles. The Morgan fingerprint density at radius 3 is 1.53 bits per heavy atom. The van der Waals surface area contributed by atoms with E-state index in [0.29, 0.717) is 11.8 Å². The van der Waals surface area contributed by atoms with Gasteiger partial charge in [0.1, 0.15) is 0 Å². The van der Waals surface area contributed by atoms with Gasteiger partial charge in [-0.1, -0.05) is 158 Å². The second kappa shape index (κ2) is 14.7. The first-order valence-corrected chi connectivity index (χ1v) is 24.9. The summed E-state index contributed by atoms with van der Waals surface area (Å²) >= 11 is 0. The number of fused-ring (bicyclic) bond motifs is 4. The van der Waals surface area contributed by atoms with Gasteiger partial charge in [0, 0.05) is 33.2 Å². The van der Waals surface area contributed by atoms with Crippen LogP contribution in [0.25, 0.3) is 65.3 Å². The molecule has 4 fully saturated rings. The maximum absolute atomic E-state index is 2.65. The minimum Gasteiger partial charge on any atom is -0.310 e. The fourth-order valence-corrected chi connectivity index (χ4v) is 14.7. The van der Waals surface area contributed by atoms with E-state index in [2.05, 4.69) is 228 Å². The second-order valence-corrected chi connectivity index (χ2v) is 20.5. The molecule has 5 aliphatic carbocycles. The average molecular weight is 871 g/mol. The summed E-state index contributed by atoms with van der Waals surface area (Å²) < 4.78 is 0. The monoisotopic (exact) mass is 870 g/mol. The van der Waals surface area contributed by atoms with Crippen molar-refractivity contribution in [1.29, 1.82) is 0 Å². The predicted molar refractivity (Wildman–Crippen MR) is 286 cm³/mol. The molecule has 16 rings (SSSR count). The van der Waals surface area contributed by atoms with E-state index in [-0.39, 0.29) is 5.41 Å². The van der Waals surface area contributed by atoms with E-state index in [1.807, 2.05) is 0 Å². The number of rotatable bonds is 7. The molecule has 4 saturated carbocycles. The molecule has 68 heavy (non-hydrogen) atoms. The van der Waals surface area contributed by atoms with Crippen LogP contribution >= 0.6 is 0 Å². The van der Waals surface area contributed by atoms with Gasteiger partial charge in [-0.2, -0.15) is 0 Å². The smallest absolute Gasteiger partial charge is 0.0540 e. The highest BCUT2D eigenvalue weighted by Crippen LogP contribution is 2.71. The lowest BCUT2D eigenvalue weighted by molar-refractivity contribution is -0.0397. The zero-order valence-corrected chi connectivity index (χ0v) is 38.0. The Morgan fingerprint density at radius 2 is 0.853 bits per heavy atom. The lowest BCUT2D eigenvalue weighted by Crippen LogP contribution is -2.55. The van der Waals surface area contributed by atoms with Crippen LogP contribution < -0.4 is 9.80 Å². The van der Waals surface area contributed by atoms with Gasteiger partial charge in [0.2, 0.25) is 0 Å². The van der Waals surface area contributed by atoms with Crippen molar-refractivity contribution in [3.05, 3.63) is 230 Å². The van der Waals surface area contributed by atoms with Gasteiger partial charge in [0.05, 0.1) is 17.1 Å². The molecule has 1 spiro atoms. The van der Waals surface area contributed by atoms with Crippen molar-refractivity contribution in [2.24, 2.45) is 23.7 Å². The van der Waals surface area contributed by atoms with Crippen LogP contribution in [0.15, 0.2) is 218 Å². The van der Waals surface area contributed by atoms with Gasteiger partial charge in [-0.3, -0.25) is 0 Å². The maximum atomic E-state index is 2.65. The van der Waals surface area contributed by atoms with Crippen molar-refractivity contribution in [3.8, 4) is 22.3 Å². The number of nitrogens with zero attached hydrogens (tertiary/aromatic N) is 2. The van der Waals surface area contributed by atoms with E-state index in [0.717, 1.165) is 23.2 Å². The Morgan fingerprint density at radius 1 is 0.338 bits per heavy atom. The molecule has 5 aliphatic rings. The minimum absolute atomic E-state index is 0.0240. The molecule has 0 amide bonds.